The number of aromatic nitrogens is 3. The van der Waals surface area contributed by atoms with Crippen LogP contribution in [0.4, 0.5) is 5.69 Å². The molecule has 1 N–H and O–H groups in total. The Morgan fingerprint density at radius 2 is 2.06 bits per heavy atom. The molecule has 0 saturated carbocycles. The number of aryl methyl sites for hydroxylation is 1. The van der Waals surface area contributed by atoms with E-state index >= 15 is 0 Å². The molecular weight excluding hydrogens is 418 g/mol. The van der Waals surface area contributed by atoms with Gasteiger partial charge in [-0.1, -0.05) is 13.0 Å². The predicted octanol–water partition coefficient (Wildman–Crippen LogP) is 3.68. The summed E-state index contributed by atoms with van der Waals surface area (Å²) in [5.41, 5.74) is 3.46. The number of imidazole rings is 1. The van der Waals surface area contributed by atoms with E-state index in [1.807, 2.05) is 35.4 Å². The molecule has 33 heavy (non-hydrogen) atoms. The number of hydrogen-bond acceptors (Lipinski definition) is 5. The predicted molar refractivity (Wildman–Crippen MR) is 125 cm³/mol. The quantitative estimate of drug-likeness (QED) is 0.623. The van der Waals surface area contributed by atoms with Gasteiger partial charge < -0.3 is 19.5 Å². The summed E-state index contributed by atoms with van der Waals surface area (Å²) in [6, 6.07) is 9.72. The van der Waals surface area contributed by atoms with Gasteiger partial charge in [-0.15, -0.1) is 0 Å². The van der Waals surface area contributed by atoms with Gasteiger partial charge in [-0.25, -0.2) is 9.97 Å². The highest BCUT2D eigenvalue weighted by Crippen LogP contribution is 2.38. The van der Waals surface area contributed by atoms with Crippen molar-refractivity contribution in [2.45, 2.75) is 51.0 Å². The number of piperidine rings is 1. The number of fused-ring (bicyclic) bond motifs is 2. The molecule has 0 aliphatic carbocycles. The molecule has 4 heterocycles. The fourth-order valence-corrected chi connectivity index (χ4v) is 5.08. The first-order valence-electron chi connectivity index (χ1n) is 11.7. The molecule has 8 heteroatoms. The number of benzene rings is 1. The zero-order chi connectivity index (χ0) is 22.9. The van der Waals surface area contributed by atoms with E-state index in [2.05, 4.69) is 21.8 Å². The summed E-state index contributed by atoms with van der Waals surface area (Å²) in [6.45, 7) is 3.50. The fourth-order valence-electron chi connectivity index (χ4n) is 5.08. The standard InChI is InChI=1S/C25H29N5O3/c1-3-5-22-27-20-6-4-11-26-24(20)30(22)16-9-12-29(13-10-16)23(31)15-19-18-8-7-17(33-2)14-21(18)28-25(19)32/h4,6-8,11,14,16,19H,3,5,9-10,12-13,15H2,1-2H3,(H,28,32)/t19-/m1/s1. The Bertz CT molecular complexity index is 1200. The molecule has 2 aromatic heterocycles. The highest BCUT2D eigenvalue weighted by atomic mass is 16.5. The second-order valence-corrected chi connectivity index (χ2v) is 8.81. The number of amides is 2. The van der Waals surface area contributed by atoms with Crippen LogP contribution in [0.15, 0.2) is 36.5 Å². The van der Waals surface area contributed by atoms with Gasteiger partial charge in [0.2, 0.25) is 11.8 Å². The van der Waals surface area contributed by atoms with Gasteiger partial charge in [-0.05, 0) is 43.0 Å². The number of nitrogens with zero attached hydrogens (tertiary/aromatic N) is 4. The Balaban J connectivity index is 1.27. The van der Waals surface area contributed by atoms with Crippen molar-refractivity contribution in [3.8, 4) is 5.75 Å². The van der Waals surface area contributed by atoms with Crippen LogP contribution in [0.3, 0.4) is 0 Å². The number of likely N-dealkylation sites (tertiary alicyclic amines) is 1. The van der Waals surface area contributed by atoms with Gasteiger partial charge in [0.25, 0.3) is 0 Å². The highest BCUT2D eigenvalue weighted by molar-refractivity contribution is 6.05. The van der Waals surface area contributed by atoms with Gasteiger partial charge in [-0.3, -0.25) is 9.59 Å². The number of carbonyl (C=O) groups is 2. The maximum Gasteiger partial charge on any atom is 0.232 e. The average molecular weight is 448 g/mol. The van der Waals surface area contributed by atoms with Crippen LogP contribution in [0.5, 0.6) is 5.75 Å². The van der Waals surface area contributed by atoms with Gasteiger partial charge in [0.05, 0.1) is 13.0 Å². The number of hydrogen-bond donors (Lipinski definition) is 1. The Labute approximate surface area is 193 Å². The smallest absolute Gasteiger partial charge is 0.232 e. The Morgan fingerprint density at radius 3 is 2.82 bits per heavy atom. The Morgan fingerprint density at radius 1 is 1.24 bits per heavy atom. The monoisotopic (exact) mass is 447 g/mol. The average Bonchev–Trinajstić information content (AvgIpc) is 3.35. The summed E-state index contributed by atoms with van der Waals surface area (Å²) >= 11 is 0. The number of nitrogens with one attached hydrogen (secondary N) is 1. The summed E-state index contributed by atoms with van der Waals surface area (Å²) in [5, 5.41) is 2.88. The molecule has 1 fully saturated rings. The summed E-state index contributed by atoms with van der Waals surface area (Å²) in [4.78, 5) is 36.9. The van der Waals surface area contributed by atoms with E-state index in [1.165, 1.54) is 0 Å². The SMILES string of the molecule is CCCc1nc2cccnc2n1C1CCN(C(=O)C[C@H]2C(=O)Nc3cc(OC)ccc32)CC1. The molecule has 1 saturated heterocycles. The van der Waals surface area contributed by atoms with Crippen molar-refractivity contribution in [1.29, 1.82) is 0 Å². The Hall–Kier alpha value is -3.42. The van der Waals surface area contributed by atoms with Crippen LogP contribution >= 0.6 is 0 Å². The van der Waals surface area contributed by atoms with Gasteiger partial charge in [0, 0.05) is 49.9 Å². The molecule has 2 aliphatic heterocycles. The first-order valence-corrected chi connectivity index (χ1v) is 11.7. The van der Waals surface area contributed by atoms with E-state index in [0.29, 0.717) is 18.8 Å². The van der Waals surface area contributed by atoms with E-state index < -0.39 is 5.92 Å². The van der Waals surface area contributed by atoms with E-state index in [-0.39, 0.29) is 24.3 Å². The van der Waals surface area contributed by atoms with Crippen molar-refractivity contribution in [2.24, 2.45) is 0 Å². The molecule has 0 bridgehead atoms. The van der Waals surface area contributed by atoms with E-state index in [1.54, 1.807) is 13.2 Å². The molecule has 0 spiro atoms. The second kappa shape index (κ2) is 8.84. The third-order valence-electron chi connectivity index (χ3n) is 6.77. The minimum Gasteiger partial charge on any atom is -0.497 e. The maximum atomic E-state index is 13.1. The number of pyridine rings is 1. The van der Waals surface area contributed by atoms with Gasteiger partial charge in [-0.2, -0.15) is 0 Å². The third-order valence-corrected chi connectivity index (χ3v) is 6.77. The molecule has 3 aromatic rings. The minimum absolute atomic E-state index is 0.0275. The molecule has 5 rings (SSSR count). The third kappa shape index (κ3) is 3.94. The van der Waals surface area contributed by atoms with Crippen molar-refractivity contribution in [2.75, 3.05) is 25.5 Å². The molecule has 2 amide bonds. The van der Waals surface area contributed by atoms with Crippen LogP contribution in [-0.4, -0.2) is 51.4 Å². The molecule has 2 aliphatic rings. The van der Waals surface area contributed by atoms with Crippen LogP contribution in [0, 0.1) is 0 Å². The van der Waals surface area contributed by atoms with Crippen molar-refractivity contribution in [1.82, 2.24) is 19.4 Å². The largest absolute Gasteiger partial charge is 0.497 e. The topological polar surface area (TPSA) is 89.4 Å². The van der Waals surface area contributed by atoms with Gasteiger partial charge in [0.15, 0.2) is 5.65 Å². The number of ether oxygens (including phenoxy) is 1. The minimum atomic E-state index is -0.450. The van der Waals surface area contributed by atoms with Gasteiger partial charge >= 0.3 is 0 Å². The lowest BCUT2D eigenvalue weighted by Gasteiger charge is -2.34. The zero-order valence-corrected chi connectivity index (χ0v) is 19.1. The summed E-state index contributed by atoms with van der Waals surface area (Å²) in [7, 11) is 1.59. The molecule has 172 valence electrons. The first kappa shape index (κ1) is 21.4. The van der Waals surface area contributed by atoms with Crippen molar-refractivity contribution in [3.63, 3.8) is 0 Å². The zero-order valence-electron chi connectivity index (χ0n) is 19.1. The number of anilines is 1. The molecule has 0 unspecified atom stereocenters. The normalized spacial score (nSPS) is 18.4. The summed E-state index contributed by atoms with van der Waals surface area (Å²) in [5.74, 6) is 1.22. The van der Waals surface area contributed by atoms with Crippen molar-refractivity contribution < 1.29 is 14.3 Å². The van der Waals surface area contributed by atoms with Gasteiger partial charge in [0.1, 0.15) is 17.1 Å². The second-order valence-electron chi connectivity index (χ2n) is 8.81. The lowest BCUT2D eigenvalue weighted by atomic mass is 9.95. The molecule has 8 nitrogen and oxygen atoms in total. The van der Waals surface area contributed by atoms with Crippen LogP contribution in [0.25, 0.3) is 11.2 Å². The van der Waals surface area contributed by atoms with Crippen molar-refractivity contribution in [3.05, 3.63) is 47.9 Å². The molecule has 1 atom stereocenters. The lowest BCUT2D eigenvalue weighted by Crippen LogP contribution is -2.40. The summed E-state index contributed by atoms with van der Waals surface area (Å²) in [6.07, 6.45) is 5.65. The maximum absolute atomic E-state index is 13.1. The van der Waals surface area contributed by atoms with E-state index in [4.69, 9.17) is 9.72 Å². The van der Waals surface area contributed by atoms with Crippen LogP contribution in [-0.2, 0) is 16.0 Å². The van der Waals surface area contributed by atoms with E-state index in [0.717, 1.165) is 53.9 Å². The molecule has 1 aromatic carbocycles. The Kier molecular flexibility index (Phi) is 5.74. The molecular formula is C25H29N5O3. The highest BCUT2D eigenvalue weighted by Gasteiger charge is 2.35. The summed E-state index contributed by atoms with van der Waals surface area (Å²) < 4.78 is 7.53. The fraction of sp³-hybridized carbons (Fsp3) is 0.440. The van der Waals surface area contributed by atoms with Crippen LogP contribution in [0.2, 0.25) is 0 Å². The lowest BCUT2D eigenvalue weighted by molar-refractivity contribution is -0.134. The van der Waals surface area contributed by atoms with E-state index in [9.17, 15) is 9.59 Å². The first-order chi connectivity index (χ1) is 16.1. The van der Waals surface area contributed by atoms with Crippen molar-refractivity contribution >= 4 is 28.7 Å². The van der Waals surface area contributed by atoms with Crippen LogP contribution < -0.4 is 10.1 Å². The number of methoxy groups -OCH3 is 1. The number of rotatable bonds is 6. The molecule has 0 radical (unpaired) electrons. The number of carbonyl (C=O) groups excluding carboxylic acids is 2. The van der Waals surface area contributed by atoms with Crippen LogP contribution in [0.1, 0.15) is 56.0 Å².